The van der Waals surface area contributed by atoms with E-state index in [0.29, 0.717) is 24.5 Å². The molecule has 0 aliphatic rings. The van der Waals surface area contributed by atoms with E-state index in [9.17, 15) is 9.18 Å². The van der Waals surface area contributed by atoms with Crippen molar-refractivity contribution < 1.29 is 13.9 Å². The Balaban J connectivity index is 1.26. The van der Waals surface area contributed by atoms with Crippen LogP contribution < -0.4 is 10.1 Å². The maximum absolute atomic E-state index is 13.0. The van der Waals surface area contributed by atoms with E-state index >= 15 is 0 Å². The van der Waals surface area contributed by atoms with Gasteiger partial charge in [-0.2, -0.15) is 0 Å². The minimum absolute atomic E-state index is 0.164. The van der Waals surface area contributed by atoms with E-state index in [1.807, 2.05) is 47.0 Å². The average Bonchev–Trinajstić information content (AvgIpc) is 3.31. The minimum Gasteiger partial charge on any atom is -0.489 e. The molecule has 0 saturated heterocycles. The Bertz CT molecular complexity index is 1420. The van der Waals surface area contributed by atoms with Crippen LogP contribution in [-0.2, 0) is 13.2 Å². The van der Waals surface area contributed by atoms with Gasteiger partial charge in [0.2, 0.25) is 0 Å². The Hall–Kier alpha value is -4.52. The number of amides is 1. The van der Waals surface area contributed by atoms with E-state index in [1.54, 1.807) is 43.0 Å². The molecule has 7 heteroatoms. The zero-order chi connectivity index (χ0) is 23.3. The highest BCUT2D eigenvalue weighted by Gasteiger charge is 2.10. The molecule has 0 aliphatic carbocycles. The molecule has 0 fully saturated rings. The number of pyridine rings is 1. The number of hydrogen-bond donors (Lipinski definition) is 1. The summed E-state index contributed by atoms with van der Waals surface area (Å²) in [6.07, 6.45) is 5.16. The number of halogens is 1. The second-order valence-corrected chi connectivity index (χ2v) is 7.77. The summed E-state index contributed by atoms with van der Waals surface area (Å²) in [5.41, 5.74) is 4.92. The van der Waals surface area contributed by atoms with Gasteiger partial charge < -0.3 is 10.1 Å². The molecule has 0 spiro atoms. The largest absolute Gasteiger partial charge is 0.489 e. The molecule has 5 rings (SSSR count). The minimum atomic E-state index is -0.266. The van der Waals surface area contributed by atoms with Crippen LogP contribution in [0.4, 0.5) is 4.39 Å². The molecule has 0 saturated carbocycles. The number of nitrogens with one attached hydrogen (secondary N) is 1. The van der Waals surface area contributed by atoms with Crippen LogP contribution in [0.25, 0.3) is 16.7 Å². The van der Waals surface area contributed by atoms with Crippen LogP contribution in [0, 0.1) is 5.82 Å². The lowest BCUT2D eigenvalue weighted by Crippen LogP contribution is -2.22. The third-order valence-electron chi connectivity index (χ3n) is 5.42. The molecule has 2 heterocycles. The van der Waals surface area contributed by atoms with Gasteiger partial charge in [-0.05, 0) is 71.8 Å². The van der Waals surface area contributed by atoms with Crippen molar-refractivity contribution in [3.8, 4) is 11.4 Å². The lowest BCUT2D eigenvalue weighted by Gasteiger charge is -2.09. The van der Waals surface area contributed by atoms with Crippen molar-refractivity contribution in [2.75, 3.05) is 0 Å². The number of ether oxygens (including phenoxy) is 1. The summed E-state index contributed by atoms with van der Waals surface area (Å²) in [7, 11) is 0. The van der Waals surface area contributed by atoms with Gasteiger partial charge in [0.15, 0.2) is 0 Å². The van der Waals surface area contributed by atoms with Crippen molar-refractivity contribution in [3.63, 3.8) is 0 Å². The fraction of sp³-hybridized carbons (Fsp3) is 0.0741. The predicted molar refractivity (Wildman–Crippen MR) is 127 cm³/mol. The van der Waals surface area contributed by atoms with Gasteiger partial charge in [0.25, 0.3) is 5.91 Å². The third-order valence-corrected chi connectivity index (χ3v) is 5.42. The van der Waals surface area contributed by atoms with Crippen molar-refractivity contribution in [2.45, 2.75) is 13.2 Å². The quantitative estimate of drug-likeness (QED) is 0.374. The summed E-state index contributed by atoms with van der Waals surface area (Å²) >= 11 is 0. The summed E-state index contributed by atoms with van der Waals surface area (Å²) < 4.78 is 20.8. The molecule has 0 bridgehead atoms. The van der Waals surface area contributed by atoms with Crippen LogP contribution in [-0.4, -0.2) is 20.4 Å². The zero-order valence-corrected chi connectivity index (χ0v) is 18.2. The van der Waals surface area contributed by atoms with Gasteiger partial charge in [-0.15, -0.1) is 0 Å². The lowest BCUT2D eigenvalue weighted by atomic mass is 10.1. The van der Waals surface area contributed by atoms with Crippen molar-refractivity contribution >= 4 is 16.9 Å². The number of hydrogen-bond acceptors (Lipinski definition) is 4. The Morgan fingerprint density at radius 2 is 1.79 bits per heavy atom. The number of carbonyl (C=O) groups excluding carboxylic acids is 1. The molecular weight excluding hydrogens is 431 g/mol. The first-order valence-corrected chi connectivity index (χ1v) is 10.8. The predicted octanol–water partition coefficient (Wildman–Crippen LogP) is 5.07. The maximum Gasteiger partial charge on any atom is 0.251 e. The van der Waals surface area contributed by atoms with Crippen LogP contribution in [0.15, 0.2) is 97.6 Å². The van der Waals surface area contributed by atoms with E-state index in [-0.39, 0.29) is 11.7 Å². The molecule has 5 aromatic rings. The van der Waals surface area contributed by atoms with Gasteiger partial charge in [-0.25, -0.2) is 9.37 Å². The highest BCUT2D eigenvalue weighted by Crippen LogP contribution is 2.22. The summed E-state index contributed by atoms with van der Waals surface area (Å²) in [6.45, 7) is 0.772. The number of fused-ring (bicyclic) bond motifs is 1. The molecule has 2 aromatic heterocycles. The van der Waals surface area contributed by atoms with Crippen LogP contribution in [0.5, 0.6) is 5.75 Å². The van der Waals surface area contributed by atoms with E-state index in [2.05, 4.69) is 15.3 Å². The zero-order valence-electron chi connectivity index (χ0n) is 18.2. The Morgan fingerprint density at radius 3 is 2.56 bits per heavy atom. The summed E-state index contributed by atoms with van der Waals surface area (Å²) in [5, 5.41) is 2.91. The standard InChI is InChI=1S/C27H21FN4O2/c28-22-6-3-19(4-7-22)17-34-24-10-8-23(9-11-24)32-18-31-25-14-21(5-12-26(25)32)27(33)30-16-20-2-1-13-29-15-20/h1-15,18H,16-17H2,(H,30,33). The summed E-state index contributed by atoms with van der Waals surface area (Å²) in [6, 6.07) is 23.1. The van der Waals surface area contributed by atoms with Gasteiger partial charge >= 0.3 is 0 Å². The molecule has 0 aliphatic heterocycles. The fourth-order valence-corrected chi connectivity index (χ4v) is 3.60. The van der Waals surface area contributed by atoms with E-state index in [4.69, 9.17) is 4.74 Å². The Labute approximate surface area is 195 Å². The van der Waals surface area contributed by atoms with Gasteiger partial charge in [0, 0.05) is 30.2 Å². The van der Waals surface area contributed by atoms with Crippen LogP contribution in [0.3, 0.4) is 0 Å². The van der Waals surface area contributed by atoms with Crippen LogP contribution >= 0.6 is 0 Å². The first-order valence-electron chi connectivity index (χ1n) is 10.8. The molecular formula is C27H21FN4O2. The first kappa shape index (κ1) is 21.3. The van der Waals surface area contributed by atoms with E-state index in [1.165, 1.54) is 12.1 Å². The molecule has 34 heavy (non-hydrogen) atoms. The highest BCUT2D eigenvalue weighted by atomic mass is 19.1. The molecule has 0 radical (unpaired) electrons. The monoisotopic (exact) mass is 452 g/mol. The number of aromatic nitrogens is 3. The normalized spacial score (nSPS) is 10.9. The topological polar surface area (TPSA) is 69.0 Å². The van der Waals surface area contributed by atoms with E-state index < -0.39 is 0 Å². The number of benzene rings is 3. The molecule has 0 atom stereocenters. The SMILES string of the molecule is O=C(NCc1cccnc1)c1ccc2c(c1)ncn2-c1ccc(OCc2ccc(F)cc2)cc1. The summed E-state index contributed by atoms with van der Waals surface area (Å²) in [4.78, 5) is 21.1. The second-order valence-electron chi connectivity index (χ2n) is 7.77. The van der Waals surface area contributed by atoms with E-state index in [0.717, 1.165) is 27.8 Å². The van der Waals surface area contributed by atoms with Crippen molar-refractivity contribution in [3.05, 3.63) is 120 Å². The second kappa shape index (κ2) is 9.54. The summed E-state index contributed by atoms with van der Waals surface area (Å²) in [5.74, 6) is 0.283. The van der Waals surface area contributed by atoms with Crippen molar-refractivity contribution in [2.24, 2.45) is 0 Å². The first-order chi connectivity index (χ1) is 16.7. The third kappa shape index (κ3) is 4.78. The molecule has 1 amide bonds. The Kier molecular flexibility index (Phi) is 5.99. The molecule has 3 aromatic carbocycles. The van der Waals surface area contributed by atoms with Crippen LogP contribution in [0.2, 0.25) is 0 Å². The van der Waals surface area contributed by atoms with Gasteiger partial charge in [-0.1, -0.05) is 18.2 Å². The number of imidazole rings is 1. The number of nitrogens with zero attached hydrogens (tertiary/aromatic N) is 3. The van der Waals surface area contributed by atoms with Gasteiger partial charge in [0.1, 0.15) is 24.5 Å². The van der Waals surface area contributed by atoms with Crippen molar-refractivity contribution in [1.29, 1.82) is 0 Å². The van der Waals surface area contributed by atoms with Crippen LogP contribution in [0.1, 0.15) is 21.5 Å². The van der Waals surface area contributed by atoms with Gasteiger partial charge in [0.05, 0.1) is 11.0 Å². The maximum atomic E-state index is 13.0. The highest BCUT2D eigenvalue weighted by molar-refractivity contribution is 5.97. The molecule has 1 N–H and O–H groups in total. The molecule has 168 valence electrons. The smallest absolute Gasteiger partial charge is 0.251 e. The molecule has 6 nitrogen and oxygen atoms in total. The molecule has 0 unspecified atom stereocenters. The number of carbonyl (C=O) groups is 1. The fourth-order valence-electron chi connectivity index (χ4n) is 3.60. The Morgan fingerprint density at radius 1 is 0.971 bits per heavy atom. The average molecular weight is 452 g/mol. The lowest BCUT2D eigenvalue weighted by molar-refractivity contribution is 0.0951. The van der Waals surface area contributed by atoms with Crippen molar-refractivity contribution in [1.82, 2.24) is 19.9 Å². The van der Waals surface area contributed by atoms with Gasteiger partial charge in [-0.3, -0.25) is 14.3 Å². The number of rotatable bonds is 7.